The Morgan fingerprint density at radius 2 is 1.85 bits per heavy atom. The van der Waals surface area contributed by atoms with Crippen LogP contribution in [0.15, 0.2) is 34.3 Å². The average Bonchev–Trinajstić information content (AvgIpc) is 2.80. The number of nitrogens with zero attached hydrogens (tertiary/aromatic N) is 3. The van der Waals surface area contributed by atoms with Crippen molar-refractivity contribution < 1.29 is 36.0 Å². The molecule has 9 nitrogen and oxygen atoms in total. The smallest absolute Gasteiger partial charge is 0.386 e. The first-order chi connectivity index (χ1) is 15.7. The van der Waals surface area contributed by atoms with Gasteiger partial charge in [-0.2, -0.15) is 17.5 Å². The molecule has 0 unspecified atom stereocenters. The molecule has 2 aliphatic rings. The predicted octanol–water partition coefficient (Wildman–Crippen LogP) is 1.31. The van der Waals surface area contributed by atoms with E-state index in [-0.39, 0.29) is 38.4 Å². The molecule has 0 aliphatic carbocycles. The Balaban J connectivity index is 1.42. The van der Waals surface area contributed by atoms with Gasteiger partial charge in [-0.15, -0.1) is 0 Å². The highest BCUT2D eigenvalue weighted by atomic mass is 32.2. The van der Waals surface area contributed by atoms with E-state index in [9.17, 15) is 26.4 Å². The second-order valence-electron chi connectivity index (χ2n) is 7.66. The zero-order valence-electron chi connectivity index (χ0n) is 18.0. The molecule has 0 spiro atoms. The van der Waals surface area contributed by atoms with Crippen molar-refractivity contribution in [3.63, 3.8) is 0 Å². The Labute approximate surface area is 190 Å². The lowest BCUT2D eigenvalue weighted by molar-refractivity contribution is -0.137. The van der Waals surface area contributed by atoms with E-state index in [1.165, 1.54) is 0 Å². The quantitative estimate of drug-likeness (QED) is 0.550. The van der Waals surface area contributed by atoms with Crippen LogP contribution in [0.1, 0.15) is 18.4 Å². The van der Waals surface area contributed by atoms with Crippen molar-refractivity contribution >= 4 is 21.6 Å². The molecule has 3 rings (SSSR count). The summed E-state index contributed by atoms with van der Waals surface area (Å²) in [6.07, 6.45) is -4.10. The second-order valence-corrected chi connectivity index (χ2v) is 9.60. The molecule has 13 heteroatoms. The van der Waals surface area contributed by atoms with Crippen LogP contribution in [0, 0.1) is 0 Å². The van der Waals surface area contributed by atoms with Crippen molar-refractivity contribution in [2.75, 3.05) is 59.1 Å². The van der Waals surface area contributed by atoms with Gasteiger partial charge in [0, 0.05) is 52.1 Å². The maximum Gasteiger partial charge on any atom is 0.416 e. The van der Waals surface area contributed by atoms with Crippen LogP contribution in [-0.2, 0) is 30.6 Å². The minimum Gasteiger partial charge on any atom is -0.386 e. The van der Waals surface area contributed by atoms with Crippen LogP contribution in [-0.4, -0.2) is 88.3 Å². The maximum atomic E-state index is 12.9. The van der Waals surface area contributed by atoms with E-state index in [1.807, 2.05) is 0 Å². The Morgan fingerprint density at radius 3 is 2.52 bits per heavy atom. The number of halogens is 3. The molecule has 33 heavy (non-hydrogen) atoms. The third-order valence-electron chi connectivity index (χ3n) is 5.34. The van der Waals surface area contributed by atoms with Gasteiger partial charge < -0.3 is 14.9 Å². The van der Waals surface area contributed by atoms with E-state index in [0.29, 0.717) is 31.5 Å². The summed E-state index contributed by atoms with van der Waals surface area (Å²) in [5.74, 6) is -0.308. The number of nitrogens with one attached hydrogen (secondary N) is 1. The molecule has 1 N–H and O–H groups in total. The van der Waals surface area contributed by atoms with Crippen LogP contribution in [0.2, 0.25) is 0 Å². The lowest BCUT2D eigenvalue weighted by Crippen LogP contribution is -2.41. The van der Waals surface area contributed by atoms with E-state index >= 15 is 0 Å². The van der Waals surface area contributed by atoms with Crippen molar-refractivity contribution in [3.05, 3.63) is 29.8 Å². The summed E-state index contributed by atoms with van der Waals surface area (Å²) in [7, 11) is -4.06. The molecule has 0 aromatic heterocycles. The van der Waals surface area contributed by atoms with Gasteiger partial charge in [-0.05, 0) is 18.2 Å². The molecular weight excluding hydrogens is 465 g/mol. The number of alkyl halides is 3. The number of oxime groups is 1. The molecule has 1 aromatic rings. The first-order valence-electron chi connectivity index (χ1n) is 10.6. The number of benzene rings is 1. The molecule has 1 amide bonds. The molecule has 0 radical (unpaired) electrons. The number of carbonyl (C=O) groups is 1. The number of sulfonamides is 1. The number of rotatable bonds is 8. The average molecular weight is 493 g/mol. The van der Waals surface area contributed by atoms with Gasteiger partial charge in [0.05, 0.1) is 29.4 Å². The number of hydrogen-bond donors (Lipinski definition) is 1. The van der Waals surface area contributed by atoms with E-state index in [2.05, 4.69) is 15.4 Å². The Bertz CT molecular complexity index is 939. The SMILES string of the molecule is O=C(CON=C1CCN(S(=O)(=O)c2cccc(C(F)(F)F)c2)CC1)NCCN1CCOCC1. The van der Waals surface area contributed by atoms with Crippen LogP contribution in [0.4, 0.5) is 13.2 Å². The summed E-state index contributed by atoms with van der Waals surface area (Å²) in [6.45, 7) is 4.13. The van der Waals surface area contributed by atoms with E-state index in [4.69, 9.17) is 9.57 Å². The highest BCUT2D eigenvalue weighted by Gasteiger charge is 2.33. The van der Waals surface area contributed by atoms with Gasteiger partial charge in [0.2, 0.25) is 10.0 Å². The number of carbonyl (C=O) groups excluding carboxylic acids is 1. The first-order valence-corrected chi connectivity index (χ1v) is 12.0. The Morgan fingerprint density at radius 1 is 1.15 bits per heavy atom. The normalized spacial score (nSPS) is 18.7. The van der Waals surface area contributed by atoms with Crippen molar-refractivity contribution in [2.24, 2.45) is 5.16 Å². The van der Waals surface area contributed by atoms with E-state index in [0.717, 1.165) is 42.1 Å². The van der Waals surface area contributed by atoms with Gasteiger partial charge >= 0.3 is 6.18 Å². The lowest BCUT2D eigenvalue weighted by Gasteiger charge is -2.27. The molecule has 0 atom stereocenters. The van der Waals surface area contributed by atoms with E-state index < -0.39 is 26.7 Å². The molecule has 0 saturated carbocycles. The van der Waals surface area contributed by atoms with Gasteiger partial charge in [0.15, 0.2) is 6.61 Å². The van der Waals surface area contributed by atoms with Gasteiger partial charge in [0.1, 0.15) is 0 Å². The maximum absolute atomic E-state index is 12.9. The fraction of sp³-hybridized carbons (Fsp3) is 0.600. The highest BCUT2D eigenvalue weighted by molar-refractivity contribution is 7.89. The zero-order valence-corrected chi connectivity index (χ0v) is 18.8. The molecule has 2 saturated heterocycles. The predicted molar refractivity (Wildman–Crippen MR) is 113 cm³/mol. The van der Waals surface area contributed by atoms with Crippen molar-refractivity contribution in [1.82, 2.24) is 14.5 Å². The molecule has 1 aromatic carbocycles. The second kappa shape index (κ2) is 11.3. The summed E-state index contributed by atoms with van der Waals surface area (Å²) in [4.78, 5) is 18.7. The highest BCUT2D eigenvalue weighted by Crippen LogP contribution is 2.31. The number of piperidine rings is 1. The fourth-order valence-electron chi connectivity index (χ4n) is 3.47. The largest absolute Gasteiger partial charge is 0.416 e. The van der Waals surface area contributed by atoms with Crippen LogP contribution in [0.3, 0.4) is 0 Å². The summed E-state index contributed by atoms with van der Waals surface area (Å²) < 4.78 is 70.5. The summed E-state index contributed by atoms with van der Waals surface area (Å²) >= 11 is 0. The van der Waals surface area contributed by atoms with Crippen LogP contribution in [0.5, 0.6) is 0 Å². The summed E-state index contributed by atoms with van der Waals surface area (Å²) in [5.41, 5.74) is -0.425. The van der Waals surface area contributed by atoms with Gasteiger partial charge in [-0.1, -0.05) is 11.2 Å². The molecular formula is C20H27F3N4O5S. The molecule has 2 aliphatic heterocycles. The minimum atomic E-state index is -4.63. The molecule has 184 valence electrons. The lowest BCUT2D eigenvalue weighted by atomic mass is 10.1. The Hall–Kier alpha value is -2.22. The molecule has 0 bridgehead atoms. The Kier molecular flexibility index (Phi) is 8.68. The van der Waals surface area contributed by atoms with Crippen molar-refractivity contribution in [2.45, 2.75) is 23.9 Å². The standard InChI is InChI=1S/C20H27F3N4O5S/c21-20(22,23)16-2-1-3-18(14-16)33(29,30)27-7-4-17(5-8-27)25-32-15-19(28)24-6-9-26-10-12-31-13-11-26/h1-3,14H,4-13,15H2,(H,24,28). The van der Waals surface area contributed by atoms with Crippen LogP contribution in [0.25, 0.3) is 0 Å². The fourth-order valence-corrected chi connectivity index (χ4v) is 4.96. The number of amides is 1. The molecule has 2 fully saturated rings. The topological polar surface area (TPSA) is 101 Å². The minimum absolute atomic E-state index is 0.0620. The monoisotopic (exact) mass is 492 g/mol. The van der Waals surface area contributed by atoms with Crippen LogP contribution < -0.4 is 5.32 Å². The van der Waals surface area contributed by atoms with E-state index in [1.54, 1.807) is 0 Å². The third kappa shape index (κ3) is 7.39. The molecule has 2 heterocycles. The number of hydrogen-bond acceptors (Lipinski definition) is 7. The number of morpholine rings is 1. The number of ether oxygens (including phenoxy) is 1. The summed E-state index contributed by atoms with van der Waals surface area (Å²) in [5, 5.41) is 6.66. The van der Waals surface area contributed by atoms with Crippen molar-refractivity contribution in [3.8, 4) is 0 Å². The van der Waals surface area contributed by atoms with Gasteiger partial charge in [-0.25, -0.2) is 8.42 Å². The van der Waals surface area contributed by atoms with Crippen molar-refractivity contribution in [1.29, 1.82) is 0 Å². The van der Waals surface area contributed by atoms with Gasteiger partial charge in [-0.3, -0.25) is 9.69 Å². The summed E-state index contributed by atoms with van der Waals surface area (Å²) in [6, 6.07) is 3.69. The van der Waals surface area contributed by atoms with Gasteiger partial charge in [0.25, 0.3) is 5.91 Å². The van der Waals surface area contributed by atoms with Crippen LogP contribution >= 0.6 is 0 Å². The first kappa shape index (κ1) is 25.4. The third-order valence-corrected chi connectivity index (χ3v) is 7.24. The zero-order chi connectivity index (χ0) is 23.9.